The summed E-state index contributed by atoms with van der Waals surface area (Å²) in [6.45, 7) is 6.46. The lowest BCUT2D eigenvalue weighted by atomic mass is 10.1. The van der Waals surface area contributed by atoms with E-state index in [0.717, 1.165) is 5.56 Å². The highest BCUT2D eigenvalue weighted by molar-refractivity contribution is 6.83. The second kappa shape index (κ2) is 4.33. The predicted molar refractivity (Wildman–Crippen MR) is 63.6 cm³/mol. The van der Waals surface area contributed by atoms with Gasteiger partial charge in [-0.25, -0.2) is 4.79 Å². The van der Waals surface area contributed by atoms with Crippen LogP contribution in [0.4, 0.5) is 0 Å². The Labute approximate surface area is 91.0 Å². The fourth-order valence-electron chi connectivity index (χ4n) is 0.990. The molecule has 0 bridgehead atoms. The van der Waals surface area contributed by atoms with Gasteiger partial charge in [-0.15, -0.1) is 5.54 Å². The molecule has 0 saturated heterocycles. The van der Waals surface area contributed by atoms with Gasteiger partial charge in [0, 0.05) is 5.56 Å². The summed E-state index contributed by atoms with van der Waals surface area (Å²) in [5, 5.41) is 8.80. The molecule has 0 saturated carbocycles. The average Bonchev–Trinajstić information content (AvgIpc) is 2.14. The molecule has 0 aliphatic carbocycles. The quantitative estimate of drug-likeness (QED) is 0.581. The monoisotopic (exact) mass is 218 g/mol. The third kappa shape index (κ3) is 4.01. The van der Waals surface area contributed by atoms with Gasteiger partial charge < -0.3 is 5.11 Å². The number of hydrogen-bond acceptors (Lipinski definition) is 1. The molecular weight excluding hydrogens is 204 g/mol. The third-order valence-electron chi connectivity index (χ3n) is 1.69. The van der Waals surface area contributed by atoms with Gasteiger partial charge in [0.15, 0.2) is 0 Å². The van der Waals surface area contributed by atoms with Crippen LogP contribution in [0.1, 0.15) is 15.9 Å². The van der Waals surface area contributed by atoms with Crippen LogP contribution in [0.15, 0.2) is 24.3 Å². The Morgan fingerprint density at radius 2 is 2.00 bits per heavy atom. The normalized spacial score (nSPS) is 10.3. The zero-order valence-electron chi connectivity index (χ0n) is 9.16. The summed E-state index contributed by atoms with van der Waals surface area (Å²) in [7, 11) is -1.39. The first kappa shape index (κ1) is 11.5. The maximum atomic E-state index is 10.7. The summed E-state index contributed by atoms with van der Waals surface area (Å²) in [5.74, 6) is 2.12. The molecule has 15 heavy (non-hydrogen) atoms. The molecule has 1 aromatic rings. The lowest BCUT2D eigenvalue weighted by molar-refractivity contribution is 0.0697. The van der Waals surface area contributed by atoms with Crippen molar-refractivity contribution in [3.8, 4) is 11.5 Å². The first-order valence-corrected chi connectivity index (χ1v) is 8.25. The molecule has 0 radical (unpaired) electrons. The first-order chi connectivity index (χ1) is 6.88. The Morgan fingerprint density at radius 1 is 1.33 bits per heavy atom. The van der Waals surface area contributed by atoms with Crippen LogP contribution in [-0.2, 0) is 0 Å². The fraction of sp³-hybridized carbons (Fsp3) is 0.250. The van der Waals surface area contributed by atoms with Gasteiger partial charge in [0.25, 0.3) is 0 Å². The summed E-state index contributed by atoms with van der Waals surface area (Å²) < 4.78 is 0. The van der Waals surface area contributed by atoms with E-state index in [0.29, 0.717) is 0 Å². The molecule has 0 atom stereocenters. The molecule has 0 amide bonds. The second-order valence-electron chi connectivity index (χ2n) is 4.39. The van der Waals surface area contributed by atoms with Crippen LogP contribution in [0.5, 0.6) is 0 Å². The van der Waals surface area contributed by atoms with Crippen molar-refractivity contribution in [3.63, 3.8) is 0 Å². The van der Waals surface area contributed by atoms with Crippen molar-refractivity contribution in [2.75, 3.05) is 0 Å². The number of benzene rings is 1. The topological polar surface area (TPSA) is 37.3 Å². The summed E-state index contributed by atoms with van der Waals surface area (Å²) in [6, 6.07) is 6.73. The van der Waals surface area contributed by atoms with Crippen LogP contribution in [0, 0.1) is 11.5 Å². The van der Waals surface area contributed by atoms with E-state index in [1.54, 1.807) is 18.2 Å². The molecule has 78 valence electrons. The molecule has 0 unspecified atom stereocenters. The van der Waals surface area contributed by atoms with Gasteiger partial charge in [-0.3, -0.25) is 0 Å². The van der Waals surface area contributed by atoms with Crippen molar-refractivity contribution in [1.82, 2.24) is 0 Å². The summed E-state index contributed by atoms with van der Waals surface area (Å²) in [5.41, 5.74) is 4.26. The SMILES string of the molecule is C[Si](C)(C)C#Cc1cccc(C(=O)O)c1. The van der Waals surface area contributed by atoms with Crippen LogP contribution < -0.4 is 0 Å². The van der Waals surface area contributed by atoms with Crippen molar-refractivity contribution < 1.29 is 9.90 Å². The van der Waals surface area contributed by atoms with E-state index in [4.69, 9.17) is 5.11 Å². The Balaban J connectivity index is 3.00. The lowest BCUT2D eigenvalue weighted by Gasteiger charge is -2.03. The van der Waals surface area contributed by atoms with Crippen LogP contribution in [0.2, 0.25) is 19.6 Å². The Bertz CT molecular complexity index is 433. The van der Waals surface area contributed by atoms with Crippen LogP contribution in [-0.4, -0.2) is 19.1 Å². The predicted octanol–water partition coefficient (Wildman–Crippen LogP) is 2.61. The smallest absolute Gasteiger partial charge is 0.335 e. The summed E-state index contributed by atoms with van der Waals surface area (Å²) in [6.07, 6.45) is 0. The molecule has 0 heterocycles. The number of carboxylic acids is 1. The minimum absolute atomic E-state index is 0.289. The van der Waals surface area contributed by atoms with Crippen molar-refractivity contribution in [3.05, 3.63) is 35.4 Å². The van der Waals surface area contributed by atoms with Crippen molar-refractivity contribution in [2.24, 2.45) is 0 Å². The third-order valence-corrected chi connectivity index (χ3v) is 2.57. The Morgan fingerprint density at radius 3 is 2.53 bits per heavy atom. The Kier molecular flexibility index (Phi) is 3.33. The van der Waals surface area contributed by atoms with Gasteiger partial charge in [-0.05, 0) is 18.2 Å². The maximum Gasteiger partial charge on any atom is 0.335 e. The van der Waals surface area contributed by atoms with Crippen molar-refractivity contribution >= 4 is 14.0 Å². The van der Waals surface area contributed by atoms with Gasteiger partial charge in [0.1, 0.15) is 8.07 Å². The minimum Gasteiger partial charge on any atom is -0.478 e. The van der Waals surface area contributed by atoms with Crippen LogP contribution in [0.25, 0.3) is 0 Å². The van der Waals surface area contributed by atoms with E-state index in [2.05, 4.69) is 31.1 Å². The van der Waals surface area contributed by atoms with E-state index in [1.807, 2.05) is 6.07 Å². The first-order valence-electron chi connectivity index (χ1n) is 4.75. The highest BCUT2D eigenvalue weighted by atomic mass is 28.3. The van der Waals surface area contributed by atoms with Crippen molar-refractivity contribution in [1.29, 1.82) is 0 Å². The Hall–Kier alpha value is -1.53. The number of aromatic carboxylic acids is 1. The minimum atomic E-state index is -1.39. The van der Waals surface area contributed by atoms with E-state index in [1.165, 1.54) is 0 Å². The van der Waals surface area contributed by atoms with Crippen LogP contribution in [0.3, 0.4) is 0 Å². The molecule has 0 aliphatic rings. The van der Waals surface area contributed by atoms with Crippen LogP contribution >= 0.6 is 0 Å². The number of rotatable bonds is 1. The molecule has 1 aromatic carbocycles. The summed E-state index contributed by atoms with van der Waals surface area (Å²) in [4.78, 5) is 10.7. The van der Waals surface area contributed by atoms with E-state index in [-0.39, 0.29) is 5.56 Å². The van der Waals surface area contributed by atoms with Gasteiger partial charge in [0.2, 0.25) is 0 Å². The molecule has 1 N–H and O–H groups in total. The summed E-state index contributed by atoms with van der Waals surface area (Å²) >= 11 is 0. The molecule has 0 fully saturated rings. The molecule has 0 spiro atoms. The number of carbonyl (C=O) groups is 1. The molecule has 0 aliphatic heterocycles. The zero-order valence-corrected chi connectivity index (χ0v) is 10.2. The highest BCUT2D eigenvalue weighted by Gasteiger charge is 2.07. The van der Waals surface area contributed by atoms with Gasteiger partial charge >= 0.3 is 5.97 Å². The molecular formula is C12H14O2Si. The number of hydrogen-bond donors (Lipinski definition) is 1. The largest absolute Gasteiger partial charge is 0.478 e. The zero-order chi connectivity index (χ0) is 11.5. The van der Waals surface area contributed by atoms with Gasteiger partial charge in [-0.1, -0.05) is 31.6 Å². The van der Waals surface area contributed by atoms with E-state index < -0.39 is 14.0 Å². The molecule has 2 nitrogen and oxygen atoms in total. The highest BCUT2D eigenvalue weighted by Crippen LogP contribution is 2.05. The number of carboxylic acid groups (broad SMARTS) is 1. The lowest BCUT2D eigenvalue weighted by Crippen LogP contribution is -2.16. The second-order valence-corrected chi connectivity index (χ2v) is 9.14. The molecule has 3 heteroatoms. The van der Waals surface area contributed by atoms with E-state index >= 15 is 0 Å². The molecule has 0 aromatic heterocycles. The fourth-order valence-corrected chi connectivity index (χ4v) is 1.51. The average molecular weight is 218 g/mol. The maximum absolute atomic E-state index is 10.7. The van der Waals surface area contributed by atoms with Gasteiger partial charge in [0.05, 0.1) is 5.56 Å². The van der Waals surface area contributed by atoms with Gasteiger partial charge in [-0.2, -0.15) is 0 Å². The standard InChI is InChI=1S/C12H14O2Si/c1-15(2,3)8-7-10-5-4-6-11(9-10)12(13)14/h4-6,9H,1-3H3,(H,13,14). The van der Waals surface area contributed by atoms with E-state index in [9.17, 15) is 4.79 Å². The molecule has 1 rings (SSSR count). The van der Waals surface area contributed by atoms with Crippen molar-refractivity contribution in [2.45, 2.75) is 19.6 Å².